The average Bonchev–Trinajstić information content (AvgIpc) is 2.16. The van der Waals surface area contributed by atoms with Crippen molar-refractivity contribution in [1.29, 1.82) is 0 Å². The van der Waals surface area contributed by atoms with Crippen LogP contribution in [0.4, 0.5) is 8.78 Å². The lowest BCUT2D eigenvalue weighted by molar-refractivity contribution is -0.141. The molecule has 0 saturated carbocycles. The van der Waals surface area contributed by atoms with E-state index in [0.29, 0.717) is 0 Å². The number of alkyl halides is 3. The van der Waals surface area contributed by atoms with Gasteiger partial charge in [-0.2, -0.15) is 8.78 Å². The van der Waals surface area contributed by atoms with Crippen LogP contribution in [0.3, 0.4) is 0 Å². The summed E-state index contributed by atoms with van der Waals surface area (Å²) in [6.07, 6.45) is 0. The van der Waals surface area contributed by atoms with Crippen LogP contribution in [0.1, 0.15) is 5.56 Å². The second-order valence-electron chi connectivity index (χ2n) is 2.64. The fraction of sp³-hybridized carbons (Fsp3) is 0.222. The molecule has 1 aromatic carbocycles. The van der Waals surface area contributed by atoms with E-state index in [0.717, 1.165) is 12.1 Å². The van der Waals surface area contributed by atoms with Crippen LogP contribution in [0.2, 0.25) is 5.02 Å². The van der Waals surface area contributed by atoms with Crippen molar-refractivity contribution < 1.29 is 13.6 Å². The molecule has 1 aromatic rings. The summed E-state index contributed by atoms with van der Waals surface area (Å²) in [6, 6.07) is 4.99. The van der Waals surface area contributed by atoms with Gasteiger partial charge in [0.05, 0.1) is 5.88 Å². The molecule has 0 bridgehead atoms. The predicted octanol–water partition coefficient (Wildman–Crippen LogP) is 3.24. The van der Waals surface area contributed by atoms with Gasteiger partial charge < -0.3 is 0 Å². The Bertz CT molecular complexity index is 352. The lowest BCUT2D eigenvalue weighted by Crippen LogP contribution is -2.27. The third-order valence-electron chi connectivity index (χ3n) is 1.66. The van der Waals surface area contributed by atoms with Gasteiger partial charge in [-0.25, -0.2) is 0 Å². The van der Waals surface area contributed by atoms with E-state index in [1.165, 1.54) is 12.1 Å². The summed E-state index contributed by atoms with van der Waals surface area (Å²) in [5.41, 5.74) is -0.435. The summed E-state index contributed by atoms with van der Waals surface area (Å²) in [7, 11) is 0. The van der Waals surface area contributed by atoms with Crippen molar-refractivity contribution in [3.05, 3.63) is 34.9 Å². The molecule has 1 nitrogen and oxygen atoms in total. The number of hydrogen-bond acceptors (Lipinski definition) is 1. The van der Waals surface area contributed by atoms with E-state index in [1.54, 1.807) is 0 Å². The first-order valence-corrected chi connectivity index (χ1v) is 4.63. The molecule has 76 valence electrons. The van der Waals surface area contributed by atoms with Gasteiger partial charge in [0.15, 0.2) is 0 Å². The Morgan fingerprint density at radius 3 is 2.57 bits per heavy atom. The molecule has 0 aliphatic rings. The number of Topliss-reactive ketones (excluding diaryl/α,β-unsaturated/α-hetero) is 1. The quantitative estimate of drug-likeness (QED) is 0.740. The molecule has 0 aromatic heterocycles. The topological polar surface area (TPSA) is 17.1 Å². The molecule has 0 aliphatic heterocycles. The zero-order chi connectivity index (χ0) is 10.8. The van der Waals surface area contributed by atoms with E-state index >= 15 is 0 Å². The molecule has 0 amide bonds. The molecule has 0 unspecified atom stereocenters. The number of carbonyl (C=O) groups is 1. The Hall–Kier alpha value is -0.670. The van der Waals surface area contributed by atoms with Crippen molar-refractivity contribution in [2.45, 2.75) is 5.92 Å². The zero-order valence-electron chi connectivity index (χ0n) is 6.94. The molecule has 0 saturated heterocycles. The standard InChI is InChI=1S/C9H6Cl2F2O/c10-5-8(14)9(12,13)6-2-1-3-7(11)4-6/h1-4H,5H2. The van der Waals surface area contributed by atoms with Crippen molar-refractivity contribution in [2.24, 2.45) is 0 Å². The summed E-state index contributed by atoms with van der Waals surface area (Å²) in [5, 5.41) is 0.157. The van der Waals surface area contributed by atoms with Crippen LogP contribution in [-0.2, 0) is 10.7 Å². The fourth-order valence-electron chi connectivity index (χ4n) is 0.929. The van der Waals surface area contributed by atoms with Crippen LogP contribution < -0.4 is 0 Å². The minimum Gasteiger partial charge on any atom is -0.291 e. The van der Waals surface area contributed by atoms with Crippen molar-refractivity contribution in [2.75, 3.05) is 5.88 Å². The molecule has 0 N–H and O–H groups in total. The highest BCUT2D eigenvalue weighted by Crippen LogP contribution is 2.30. The second-order valence-corrected chi connectivity index (χ2v) is 3.35. The smallest absolute Gasteiger partial charge is 0.291 e. The van der Waals surface area contributed by atoms with Crippen LogP contribution >= 0.6 is 23.2 Å². The number of ketones is 1. The molecule has 0 heterocycles. The Balaban J connectivity index is 3.09. The van der Waals surface area contributed by atoms with Crippen LogP contribution in [-0.4, -0.2) is 11.7 Å². The highest BCUT2D eigenvalue weighted by atomic mass is 35.5. The van der Waals surface area contributed by atoms with Crippen LogP contribution in [0.25, 0.3) is 0 Å². The molecular weight excluding hydrogens is 233 g/mol. The summed E-state index contributed by atoms with van der Waals surface area (Å²) < 4.78 is 26.5. The summed E-state index contributed by atoms with van der Waals surface area (Å²) in [5.74, 6) is -5.62. The van der Waals surface area contributed by atoms with Crippen LogP contribution in [0, 0.1) is 0 Å². The zero-order valence-corrected chi connectivity index (χ0v) is 8.45. The molecule has 0 aliphatic carbocycles. The number of rotatable bonds is 3. The molecule has 14 heavy (non-hydrogen) atoms. The van der Waals surface area contributed by atoms with Gasteiger partial charge in [0.25, 0.3) is 0 Å². The van der Waals surface area contributed by atoms with Gasteiger partial charge in [0, 0.05) is 10.6 Å². The van der Waals surface area contributed by atoms with E-state index < -0.39 is 23.1 Å². The molecule has 0 fully saturated rings. The molecule has 0 spiro atoms. The number of hydrogen-bond donors (Lipinski definition) is 0. The predicted molar refractivity (Wildman–Crippen MR) is 51.1 cm³/mol. The van der Waals surface area contributed by atoms with Crippen LogP contribution in [0.5, 0.6) is 0 Å². The molecule has 5 heteroatoms. The normalized spacial score (nSPS) is 11.4. The Labute approximate surface area is 89.6 Å². The Morgan fingerprint density at radius 2 is 2.07 bits per heavy atom. The lowest BCUT2D eigenvalue weighted by Gasteiger charge is -2.13. The first-order valence-electron chi connectivity index (χ1n) is 3.71. The maximum absolute atomic E-state index is 13.2. The van der Waals surface area contributed by atoms with Gasteiger partial charge in [-0.15, -0.1) is 11.6 Å². The summed E-state index contributed by atoms with van der Waals surface area (Å²) in [6.45, 7) is 0. The first-order chi connectivity index (χ1) is 6.48. The molecule has 0 radical (unpaired) electrons. The highest BCUT2D eigenvalue weighted by Gasteiger charge is 2.39. The van der Waals surface area contributed by atoms with Gasteiger partial charge in [-0.1, -0.05) is 23.7 Å². The average molecular weight is 239 g/mol. The van der Waals surface area contributed by atoms with E-state index in [2.05, 4.69) is 0 Å². The number of benzene rings is 1. The lowest BCUT2D eigenvalue weighted by atomic mass is 10.1. The largest absolute Gasteiger partial charge is 0.331 e. The van der Waals surface area contributed by atoms with Crippen molar-refractivity contribution in [1.82, 2.24) is 0 Å². The summed E-state index contributed by atoms with van der Waals surface area (Å²) >= 11 is 10.6. The SMILES string of the molecule is O=C(CCl)C(F)(F)c1cccc(Cl)c1. The van der Waals surface area contributed by atoms with E-state index in [4.69, 9.17) is 23.2 Å². The van der Waals surface area contributed by atoms with Crippen LogP contribution in [0.15, 0.2) is 24.3 Å². The fourth-order valence-corrected chi connectivity index (χ4v) is 1.29. The number of carbonyl (C=O) groups excluding carboxylic acids is 1. The minimum absolute atomic E-state index is 0.157. The van der Waals surface area contributed by atoms with E-state index in [9.17, 15) is 13.6 Å². The van der Waals surface area contributed by atoms with Gasteiger partial charge in [0.2, 0.25) is 5.78 Å². The Kier molecular flexibility index (Phi) is 3.45. The molecule has 1 rings (SSSR count). The van der Waals surface area contributed by atoms with Gasteiger partial charge in [-0.05, 0) is 12.1 Å². The summed E-state index contributed by atoms with van der Waals surface area (Å²) in [4.78, 5) is 10.8. The van der Waals surface area contributed by atoms with Crippen molar-refractivity contribution >= 4 is 29.0 Å². The number of halogens is 4. The third kappa shape index (κ3) is 2.22. The van der Waals surface area contributed by atoms with Crippen molar-refractivity contribution in [3.8, 4) is 0 Å². The van der Waals surface area contributed by atoms with E-state index in [1.807, 2.05) is 0 Å². The Morgan fingerprint density at radius 1 is 1.43 bits per heavy atom. The third-order valence-corrected chi connectivity index (χ3v) is 2.14. The molecular formula is C9H6Cl2F2O. The van der Waals surface area contributed by atoms with Gasteiger partial charge in [-0.3, -0.25) is 4.79 Å². The maximum Gasteiger partial charge on any atom is 0.331 e. The van der Waals surface area contributed by atoms with E-state index in [-0.39, 0.29) is 5.02 Å². The monoisotopic (exact) mass is 238 g/mol. The van der Waals surface area contributed by atoms with Gasteiger partial charge >= 0.3 is 5.92 Å². The first kappa shape index (κ1) is 11.4. The maximum atomic E-state index is 13.2. The second kappa shape index (κ2) is 4.24. The highest BCUT2D eigenvalue weighted by molar-refractivity contribution is 6.31. The molecule has 0 atom stereocenters. The van der Waals surface area contributed by atoms with Crippen molar-refractivity contribution in [3.63, 3.8) is 0 Å². The minimum atomic E-state index is -3.56. The van der Waals surface area contributed by atoms with Gasteiger partial charge in [0.1, 0.15) is 0 Å².